The van der Waals surface area contributed by atoms with Crippen molar-refractivity contribution in [3.8, 4) is 0 Å². The summed E-state index contributed by atoms with van der Waals surface area (Å²) in [6, 6.07) is 17.5. The fourth-order valence-corrected chi connectivity index (χ4v) is 2.90. The van der Waals surface area contributed by atoms with Gasteiger partial charge in [0.15, 0.2) is 0 Å². The third-order valence-corrected chi connectivity index (χ3v) is 3.90. The molecule has 1 amide bonds. The smallest absolute Gasteiger partial charge is 0.256 e. The number of fused-ring (bicyclic) bond motifs is 1. The number of nitrogens with one attached hydrogen (secondary N) is 1. The number of benzene rings is 2. The first kappa shape index (κ1) is 16.3. The van der Waals surface area contributed by atoms with Crippen molar-refractivity contribution >= 4 is 16.8 Å². The average Bonchev–Trinajstić information content (AvgIpc) is 3.02. The van der Waals surface area contributed by atoms with Gasteiger partial charge in [-0.15, -0.1) is 0 Å². The molecule has 3 rings (SSSR count). The van der Waals surface area contributed by atoms with Gasteiger partial charge in [0.05, 0.1) is 16.7 Å². The first-order valence-corrected chi connectivity index (χ1v) is 8.06. The van der Waals surface area contributed by atoms with Crippen molar-refractivity contribution in [3.63, 3.8) is 0 Å². The molecule has 0 aliphatic carbocycles. The summed E-state index contributed by atoms with van der Waals surface area (Å²) in [5.41, 5.74) is 1.52. The Morgan fingerprint density at radius 2 is 1.83 bits per heavy atom. The number of carbonyl (C=O) groups is 1. The molecule has 0 atom stereocenters. The molecule has 0 unspecified atom stereocenters. The summed E-state index contributed by atoms with van der Waals surface area (Å²) in [6.45, 7) is 4.15. The van der Waals surface area contributed by atoms with Crippen molar-refractivity contribution in [3.05, 3.63) is 71.9 Å². The summed E-state index contributed by atoms with van der Waals surface area (Å²) < 4.78 is 0. The zero-order valence-corrected chi connectivity index (χ0v) is 14.0. The number of hydrogen-bond acceptors (Lipinski definition) is 2. The van der Waals surface area contributed by atoms with Crippen LogP contribution in [0.3, 0.4) is 0 Å². The summed E-state index contributed by atoms with van der Waals surface area (Å²) >= 11 is 0. The molecule has 3 aromatic rings. The first-order valence-electron chi connectivity index (χ1n) is 8.06. The summed E-state index contributed by atoms with van der Waals surface area (Å²) in [6.07, 6.45) is 1.83. The maximum Gasteiger partial charge on any atom is 0.256 e. The number of amides is 1. The van der Waals surface area contributed by atoms with E-state index in [4.69, 9.17) is 0 Å². The molecule has 0 spiro atoms. The predicted molar refractivity (Wildman–Crippen MR) is 95.8 cm³/mol. The van der Waals surface area contributed by atoms with Crippen LogP contribution in [-0.2, 0) is 6.54 Å². The van der Waals surface area contributed by atoms with Crippen LogP contribution in [0.2, 0.25) is 0 Å². The van der Waals surface area contributed by atoms with Crippen molar-refractivity contribution in [2.24, 2.45) is 0 Å². The highest BCUT2D eigenvalue weighted by Gasteiger charge is 2.25. The van der Waals surface area contributed by atoms with Gasteiger partial charge in [-0.3, -0.25) is 4.79 Å². The van der Waals surface area contributed by atoms with Gasteiger partial charge in [0.2, 0.25) is 0 Å². The first-order chi connectivity index (χ1) is 11.4. The minimum Gasteiger partial charge on any atom is -0.389 e. The Balaban J connectivity index is 1.95. The molecular weight excluding hydrogens is 300 g/mol. The van der Waals surface area contributed by atoms with E-state index in [1.54, 1.807) is 18.7 Å². The van der Waals surface area contributed by atoms with Crippen molar-refractivity contribution in [2.45, 2.75) is 26.0 Å². The van der Waals surface area contributed by atoms with Crippen molar-refractivity contribution in [1.82, 2.24) is 9.88 Å². The van der Waals surface area contributed by atoms with Gasteiger partial charge in [-0.25, -0.2) is 0 Å². The minimum absolute atomic E-state index is 0.0889. The lowest BCUT2D eigenvalue weighted by Crippen LogP contribution is -2.41. The largest absolute Gasteiger partial charge is 0.389 e. The van der Waals surface area contributed by atoms with E-state index < -0.39 is 5.60 Å². The van der Waals surface area contributed by atoms with Gasteiger partial charge in [0, 0.05) is 24.7 Å². The maximum atomic E-state index is 13.1. The Morgan fingerprint density at radius 1 is 1.08 bits per heavy atom. The van der Waals surface area contributed by atoms with Crippen molar-refractivity contribution in [1.29, 1.82) is 0 Å². The van der Waals surface area contributed by atoms with Gasteiger partial charge in [-0.05, 0) is 31.5 Å². The third kappa shape index (κ3) is 3.66. The molecule has 0 radical (unpaired) electrons. The van der Waals surface area contributed by atoms with Crippen LogP contribution in [0.5, 0.6) is 0 Å². The molecule has 4 nitrogen and oxygen atoms in total. The number of carbonyl (C=O) groups excluding carboxylic acids is 1. The Labute approximate surface area is 141 Å². The monoisotopic (exact) mass is 322 g/mol. The fourth-order valence-electron chi connectivity index (χ4n) is 2.90. The molecule has 0 saturated heterocycles. The standard InChI is InChI=1S/C20H22N2O2/c1-20(2,24)14-22(13-15-7-4-3-5-8-15)19(23)17-10-6-9-16-11-12-21-18(16)17/h3-12,21,24H,13-14H2,1-2H3. The average molecular weight is 322 g/mol. The van der Waals surface area contributed by atoms with Gasteiger partial charge in [-0.1, -0.05) is 42.5 Å². The molecule has 2 N–H and O–H groups in total. The van der Waals surface area contributed by atoms with Gasteiger partial charge >= 0.3 is 0 Å². The molecule has 1 aromatic heterocycles. The lowest BCUT2D eigenvalue weighted by molar-refractivity contribution is 0.0281. The zero-order chi connectivity index (χ0) is 17.2. The Morgan fingerprint density at radius 3 is 2.54 bits per heavy atom. The molecule has 24 heavy (non-hydrogen) atoms. The van der Waals surface area contributed by atoms with E-state index in [9.17, 15) is 9.90 Å². The normalized spacial score (nSPS) is 11.6. The second kappa shape index (κ2) is 6.49. The van der Waals surface area contributed by atoms with Gasteiger partial charge in [-0.2, -0.15) is 0 Å². The topological polar surface area (TPSA) is 56.3 Å². The maximum absolute atomic E-state index is 13.1. The van der Waals surface area contributed by atoms with E-state index >= 15 is 0 Å². The Hall–Kier alpha value is -2.59. The van der Waals surface area contributed by atoms with Gasteiger partial charge in [0.25, 0.3) is 5.91 Å². The molecule has 0 bridgehead atoms. The molecular formula is C20H22N2O2. The van der Waals surface area contributed by atoms with Crippen molar-refractivity contribution < 1.29 is 9.90 Å². The highest BCUT2D eigenvalue weighted by molar-refractivity contribution is 6.05. The summed E-state index contributed by atoms with van der Waals surface area (Å²) in [5.74, 6) is -0.0889. The lowest BCUT2D eigenvalue weighted by Gasteiger charge is -2.29. The van der Waals surface area contributed by atoms with E-state index in [1.807, 2.05) is 60.8 Å². The molecule has 0 saturated carbocycles. The van der Waals surface area contributed by atoms with E-state index in [1.165, 1.54) is 0 Å². The number of rotatable bonds is 5. The molecule has 1 heterocycles. The molecule has 0 fully saturated rings. The molecule has 0 aliphatic heterocycles. The molecule has 124 valence electrons. The number of nitrogens with zero attached hydrogens (tertiary/aromatic N) is 1. The molecule has 2 aromatic carbocycles. The molecule has 4 heteroatoms. The van der Waals surface area contributed by atoms with Gasteiger partial charge < -0.3 is 15.0 Å². The van der Waals surface area contributed by atoms with E-state index in [0.717, 1.165) is 16.5 Å². The van der Waals surface area contributed by atoms with Crippen LogP contribution in [0, 0.1) is 0 Å². The Bertz CT molecular complexity index is 831. The number of aliphatic hydroxyl groups is 1. The van der Waals surface area contributed by atoms with Crippen LogP contribution in [-0.4, -0.2) is 33.0 Å². The van der Waals surface area contributed by atoms with Crippen LogP contribution in [0.4, 0.5) is 0 Å². The summed E-state index contributed by atoms with van der Waals surface area (Å²) in [4.78, 5) is 18.0. The fraction of sp³-hybridized carbons (Fsp3) is 0.250. The van der Waals surface area contributed by atoms with Gasteiger partial charge in [0.1, 0.15) is 0 Å². The second-order valence-corrected chi connectivity index (χ2v) is 6.71. The third-order valence-electron chi connectivity index (χ3n) is 3.90. The highest BCUT2D eigenvalue weighted by atomic mass is 16.3. The zero-order valence-electron chi connectivity index (χ0n) is 14.0. The van der Waals surface area contributed by atoms with Crippen LogP contribution in [0.25, 0.3) is 10.9 Å². The SMILES string of the molecule is CC(C)(O)CN(Cc1ccccc1)C(=O)c1cccc2cc[nH]c12. The predicted octanol–water partition coefficient (Wildman–Crippen LogP) is 3.58. The van der Waals surface area contributed by atoms with Crippen LogP contribution >= 0.6 is 0 Å². The number of aromatic amines is 1. The van der Waals surface area contributed by atoms with Crippen molar-refractivity contribution in [2.75, 3.05) is 6.54 Å². The van der Waals surface area contributed by atoms with E-state index in [2.05, 4.69) is 4.98 Å². The Kier molecular flexibility index (Phi) is 4.40. The van der Waals surface area contributed by atoms with Crippen LogP contribution in [0.15, 0.2) is 60.8 Å². The van der Waals surface area contributed by atoms with Crippen LogP contribution < -0.4 is 0 Å². The quantitative estimate of drug-likeness (QED) is 0.754. The second-order valence-electron chi connectivity index (χ2n) is 6.71. The minimum atomic E-state index is -0.964. The highest BCUT2D eigenvalue weighted by Crippen LogP contribution is 2.21. The lowest BCUT2D eigenvalue weighted by atomic mass is 10.1. The number of aromatic nitrogens is 1. The number of para-hydroxylation sites is 1. The van der Waals surface area contributed by atoms with E-state index in [0.29, 0.717) is 12.1 Å². The molecule has 0 aliphatic rings. The summed E-state index contributed by atoms with van der Waals surface area (Å²) in [7, 11) is 0. The summed E-state index contributed by atoms with van der Waals surface area (Å²) in [5, 5.41) is 11.2. The van der Waals surface area contributed by atoms with E-state index in [-0.39, 0.29) is 12.5 Å². The number of hydrogen-bond donors (Lipinski definition) is 2. The van der Waals surface area contributed by atoms with Crippen LogP contribution in [0.1, 0.15) is 29.8 Å². The number of H-pyrrole nitrogens is 1.